The van der Waals surface area contributed by atoms with Crippen LogP contribution in [0.2, 0.25) is 0 Å². The highest BCUT2D eigenvalue weighted by molar-refractivity contribution is 5.95. The highest BCUT2D eigenvalue weighted by Gasteiger charge is 2.08. The molecule has 6 nitrogen and oxygen atoms in total. The number of hydrazine groups is 1. The fourth-order valence-electron chi connectivity index (χ4n) is 1.71. The maximum absolute atomic E-state index is 11.9. The number of nitrogen functional groups attached to an aromatic ring is 1. The van der Waals surface area contributed by atoms with Crippen molar-refractivity contribution in [3.63, 3.8) is 0 Å². The van der Waals surface area contributed by atoms with Crippen molar-refractivity contribution in [2.24, 2.45) is 5.84 Å². The van der Waals surface area contributed by atoms with Crippen molar-refractivity contribution in [1.29, 1.82) is 0 Å². The number of nitrogens with two attached hydrogens (primary N) is 1. The molecular weight excluding hydrogens is 256 g/mol. The van der Waals surface area contributed by atoms with Gasteiger partial charge in [-0.05, 0) is 37.1 Å². The van der Waals surface area contributed by atoms with Crippen LogP contribution in [0.15, 0.2) is 18.2 Å². The van der Waals surface area contributed by atoms with Crippen molar-refractivity contribution in [2.75, 3.05) is 18.5 Å². The first-order valence-electron chi connectivity index (χ1n) is 6.70. The molecule has 0 aliphatic heterocycles. The van der Waals surface area contributed by atoms with Crippen LogP contribution in [0.3, 0.4) is 0 Å². The van der Waals surface area contributed by atoms with Crippen molar-refractivity contribution in [3.8, 4) is 0 Å². The average molecular weight is 278 g/mol. The van der Waals surface area contributed by atoms with Gasteiger partial charge >= 0.3 is 0 Å². The summed E-state index contributed by atoms with van der Waals surface area (Å²) < 4.78 is 0. The van der Waals surface area contributed by atoms with Gasteiger partial charge in [-0.1, -0.05) is 6.92 Å². The molecule has 0 aromatic heterocycles. The van der Waals surface area contributed by atoms with E-state index in [2.05, 4.69) is 16.1 Å². The lowest BCUT2D eigenvalue weighted by molar-refractivity contribution is -0.120. The van der Waals surface area contributed by atoms with Crippen LogP contribution in [0.1, 0.15) is 35.7 Å². The molecular formula is C14H22N4O2. The van der Waals surface area contributed by atoms with Gasteiger partial charge in [0.05, 0.1) is 5.69 Å². The zero-order valence-corrected chi connectivity index (χ0v) is 12.0. The number of anilines is 1. The van der Waals surface area contributed by atoms with Crippen LogP contribution in [0.25, 0.3) is 0 Å². The Labute approximate surface area is 119 Å². The number of amides is 2. The third-order valence-electron chi connectivity index (χ3n) is 2.85. The topological polar surface area (TPSA) is 96.2 Å². The molecule has 1 rings (SSSR count). The van der Waals surface area contributed by atoms with E-state index in [9.17, 15) is 9.59 Å². The molecule has 6 heteroatoms. The summed E-state index contributed by atoms with van der Waals surface area (Å²) in [6, 6.07) is 5.19. The fraction of sp³-hybridized carbons (Fsp3) is 0.429. The van der Waals surface area contributed by atoms with E-state index < -0.39 is 0 Å². The van der Waals surface area contributed by atoms with Crippen LogP contribution in [0.4, 0.5) is 5.69 Å². The Hall–Kier alpha value is -2.08. The van der Waals surface area contributed by atoms with E-state index >= 15 is 0 Å². The van der Waals surface area contributed by atoms with E-state index in [1.807, 2.05) is 13.8 Å². The van der Waals surface area contributed by atoms with Crippen molar-refractivity contribution in [2.45, 2.75) is 26.7 Å². The molecule has 20 heavy (non-hydrogen) atoms. The second-order valence-corrected chi connectivity index (χ2v) is 4.53. The van der Waals surface area contributed by atoms with Crippen LogP contribution >= 0.6 is 0 Å². The molecule has 0 saturated carbocycles. The molecule has 0 radical (unpaired) electrons. The van der Waals surface area contributed by atoms with Gasteiger partial charge in [-0.15, -0.1) is 0 Å². The van der Waals surface area contributed by atoms with Crippen molar-refractivity contribution in [1.82, 2.24) is 10.6 Å². The Bertz CT molecular complexity index is 474. The maximum atomic E-state index is 11.9. The standard InChI is InChI=1S/C14H22N4O2/c1-3-7-16-13(19)6-8-17-14(20)11-4-5-12(18-15)10(2)9-11/h4-5,9,18H,3,6-8,15H2,1-2H3,(H,16,19)(H,17,20). The minimum atomic E-state index is -0.194. The van der Waals surface area contributed by atoms with Gasteiger partial charge in [-0.3, -0.25) is 15.4 Å². The van der Waals surface area contributed by atoms with Gasteiger partial charge in [0.15, 0.2) is 0 Å². The summed E-state index contributed by atoms with van der Waals surface area (Å²) in [5, 5.41) is 5.48. The molecule has 0 saturated heterocycles. The summed E-state index contributed by atoms with van der Waals surface area (Å²) in [4.78, 5) is 23.3. The third-order valence-corrected chi connectivity index (χ3v) is 2.85. The number of benzene rings is 1. The number of hydrogen-bond acceptors (Lipinski definition) is 4. The van der Waals surface area contributed by atoms with E-state index in [-0.39, 0.29) is 18.2 Å². The van der Waals surface area contributed by atoms with Gasteiger partial charge in [0.25, 0.3) is 5.91 Å². The first-order valence-corrected chi connectivity index (χ1v) is 6.70. The molecule has 0 bridgehead atoms. The summed E-state index contributed by atoms with van der Waals surface area (Å²) >= 11 is 0. The van der Waals surface area contributed by atoms with Crippen molar-refractivity contribution in [3.05, 3.63) is 29.3 Å². The summed E-state index contributed by atoms with van der Waals surface area (Å²) in [7, 11) is 0. The molecule has 1 aromatic rings. The van der Waals surface area contributed by atoms with E-state index in [0.29, 0.717) is 18.7 Å². The first-order chi connectivity index (χ1) is 9.58. The highest BCUT2D eigenvalue weighted by atomic mass is 16.2. The summed E-state index contributed by atoms with van der Waals surface area (Å²) in [5.74, 6) is 5.09. The van der Waals surface area contributed by atoms with Gasteiger partial charge in [-0.25, -0.2) is 0 Å². The molecule has 1 aromatic carbocycles. The Morgan fingerprint density at radius 1 is 1.20 bits per heavy atom. The minimum absolute atomic E-state index is 0.0500. The largest absolute Gasteiger partial charge is 0.356 e. The Kier molecular flexibility index (Phi) is 6.52. The SMILES string of the molecule is CCCNC(=O)CCNC(=O)c1ccc(NN)c(C)c1. The molecule has 5 N–H and O–H groups in total. The smallest absolute Gasteiger partial charge is 0.251 e. The lowest BCUT2D eigenvalue weighted by Crippen LogP contribution is -2.31. The van der Waals surface area contributed by atoms with E-state index in [1.165, 1.54) is 0 Å². The lowest BCUT2D eigenvalue weighted by Gasteiger charge is -2.09. The van der Waals surface area contributed by atoms with Crippen molar-refractivity contribution < 1.29 is 9.59 Å². The lowest BCUT2D eigenvalue weighted by atomic mass is 10.1. The summed E-state index contributed by atoms with van der Waals surface area (Å²) in [5.41, 5.74) is 4.77. The van der Waals surface area contributed by atoms with Crippen molar-refractivity contribution >= 4 is 17.5 Å². The molecule has 0 heterocycles. The molecule has 0 aliphatic rings. The third kappa shape index (κ3) is 4.89. The van der Waals surface area contributed by atoms with Crippen LogP contribution < -0.4 is 21.9 Å². The monoisotopic (exact) mass is 278 g/mol. The second kappa shape index (κ2) is 8.16. The van der Waals surface area contributed by atoms with E-state index in [0.717, 1.165) is 17.7 Å². The van der Waals surface area contributed by atoms with Gasteiger partial charge in [-0.2, -0.15) is 0 Å². The molecule has 110 valence electrons. The van der Waals surface area contributed by atoms with Crippen LogP contribution in [-0.4, -0.2) is 24.9 Å². The molecule has 0 atom stereocenters. The average Bonchev–Trinajstić information content (AvgIpc) is 2.44. The molecule has 0 aliphatic carbocycles. The molecule has 0 spiro atoms. The zero-order valence-electron chi connectivity index (χ0n) is 12.0. The quantitative estimate of drug-likeness (QED) is 0.440. The van der Waals surface area contributed by atoms with Gasteiger partial charge in [0.2, 0.25) is 5.91 Å². The Balaban J connectivity index is 2.43. The zero-order chi connectivity index (χ0) is 15.0. The second-order valence-electron chi connectivity index (χ2n) is 4.53. The van der Waals surface area contributed by atoms with E-state index in [1.54, 1.807) is 18.2 Å². The van der Waals surface area contributed by atoms with E-state index in [4.69, 9.17) is 5.84 Å². The first kappa shape index (κ1) is 16.0. The fourth-order valence-corrected chi connectivity index (χ4v) is 1.71. The normalized spacial score (nSPS) is 9.95. The molecule has 2 amide bonds. The maximum Gasteiger partial charge on any atom is 0.251 e. The van der Waals surface area contributed by atoms with Gasteiger partial charge < -0.3 is 16.1 Å². The van der Waals surface area contributed by atoms with Gasteiger partial charge in [0, 0.05) is 25.1 Å². The Morgan fingerprint density at radius 2 is 1.95 bits per heavy atom. The number of hydrogen-bond donors (Lipinski definition) is 4. The number of carbonyl (C=O) groups excluding carboxylic acids is 2. The minimum Gasteiger partial charge on any atom is -0.356 e. The predicted octanol–water partition coefficient (Wildman–Crippen LogP) is 0.927. The number of aryl methyl sites for hydroxylation is 1. The summed E-state index contributed by atoms with van der Waals surface area (Å²) in [6.07, 6.45) is 1.19. The van der Waals surface area contributed by atoms with Gasteiger partial charge in [0.1, 0.15) is 0 Å². The predicted molar refractivity (Wildman–Crippen MR) is 79.2 cm³/mol. The molecule has 0 fully saturated rings. The summed E-state index contributed by atoms with van der Waals surface area (Å²) in [6.45, 7) is 4.85. The Morgan fingerprint density at radius 3 is 2.55 bits per heavy atom. The number of rotatable bonds is 7. The van der Waals surface area contributed by atoms with Crippen LogP contribution in [-0.2, 0) is 4.79 Å². The number of carbonyl (C=O) groups is 2. The number of nitrogens with one attached hydrogen (secondary N) is 3. The van der Waals surface area contributed by atoms with Crippen LogP contribution in [0.5, 0.6) is 0 Å². The highest BCUT2D eigenvalue weighted by Crippen LogP contribution is 2.14. The van der Waals surface area contributed by atoms with Crippen LogP contribution in [0, 0.1) is 6.92 Å². The molecule has 0 unspecified atom stereocenters.